The Morgan fingerprint density at radius 1 is 1.25 bits per heavy atom. The molecular weight excluding hydrogens is 370 g/mol. The number of morpholine rings is 1. The summed E-state index contributed by atoms with van der Waals surface area (Å²) in [6.07, 6.45) is 6.54. The lowest BCUT2D eigenvalue weighted by Gasteiger charge is -2.48. The van der Waals surface area contributed by atoms with Crippen LogP contribution in [0.15, 0.2) is 10.4 Å². The Bertz CT molecular complexity index is 618. The number of aliphatic imine (C=N–C) groups is 1. The van der Waals surface area contributed by atoms with E-state index in [1.807, 2.05) is 0 Å². The highest BCUT2D eigenvalue weighted by Gasteiger charge is 2.38. The maximum absolute atomic E-state index is 5.60. The molecule has 28 heavy (non-hydrogen) atoms. The lowest BCUT2D eigenvalue weighted by molar-refractivity contribution is -0.0352. The summed E-state index contributed by atoms with van der Waals surface area (Å²) < 4.78 is 5.60. The van der Waals surface area contributed by atoms with E-state index in [0.717, 1.165) is 51.0 Å². The van der Waals surface area contributed by atoms with Gasteiger partial charge in [0.25, 0.3) is 0 Å². The molecule has 1 saturated heterocycles. The normalized spacial score (nSPS) is 21.1. The zero-order chi connectivity index (χ0) is 19.8. The molecule has 0 spiro atoms. The van der Waals surface area contributed by atoms with Crippen LogP contribution in [-0.4, -0.2) is 60.8 Å². The van der Waals surface area contributed by atoms with Crippen molar-refractivity contribution in [2.45, 2.75) is 70.9 Å². The zero-order valence-electron chi connectivity index (χ0n) is 17.8. The number of ether oxygens (including phenoxy) is 1. The number of nitrogens with zero attached hydrogens (tertiary/aromatic N) is 3. The molecule has 0 radical (unpaired) electrons. The predicted octanol–water partition coefficient (Wildman–Crippen LogP) is 3.36. The summed E-state index contributed by atoms with van der Waals surface area (Å²) in [5.74, 6) is 1.38. The molecule has 0 aromatic carbocycles. The van der Waals surface area contributed by atoms with Crippen molar-refractivity contribution in [2.75, 3.05) is 39.4 Å². The lowest BCUT2D eigenvalue weighted by atomic mass is 9.80. The fraction of sp³-hybridized carbons (Fsp3) is 0.810. The van der Waals surface area contributed by atoms with Crippen LogP contribution in [0.1, 0.15) is 69.5 Å². The van der Waals surface area contributed by atoms with Gasteiger partial charge in [0.05, 0.1) is 30.5 Å². The van der Waals surface area contributed by atoms with Gasteiger partial charge >= 0.3 is 0 Å². The van der Waals surface area contributed by atoms with E-state index in [4.69, 9.17) is 14.7 Å². The Labute approximate surface area is 174 Å². The third-order valence-corrected chi connectivity index (χ3v) is 7.05. The van der Waals surface area contributed by atoms with E-state index in [1.165, 1.54) is 37.1 Å². The molecule has 0 atom stereocenters. The second-order valence-electron chi connectivity index (χ2n) is 8.26. The van der Waals surface area contributed by atoms with Gasteiger partial charge in [-0.05, 0) is 19.8 Å². The zero-order valence-corrected chi connectivity index (χ0v) is 18.6. The summed E-state index contributed by atoms with van der Waals surface area (Å²) in [4.78, 5) is 12.2. The van der Waals surface area contributed by atoms with Crippen LogP contribution in [0.3, 0.4) is 0 Å². The molecule has 1 aromatic heterocycles. The Morgan fingerprint density at radius 3 is 2.64 bits per heavy atom. The summed E-state index contributed by atoms with van der Waals surface area (Å²) in [6.45, 7) is 12.8. The number of hydrogen-bond donors (Lipinski definition) is 2. The second kappa shape index (κ2) is 10.6. The number of aromatic nitrogens is 1. The van der Waals surface area contributed by atoms with Crippen LogP contribution in [0, 0.1) is 0 Å². The topological polar surface area (TPSA) is 61.8 Å². The molecule has 2 heterocycles. The maximum Gasteiger partial charge on any atom is 0.191 e. The Balaban J connectivity index is 1.64. The Kier molecular flexibility index (Phi) is 8.11. The molecule has 0 amide bonds. The minimum absolute atomic E-state index is 0.240. The van der Waals surface area contributed by atoms with Crippen LogP contribution in [0.25, 0.3) is 0 Å². The summed E-state index contributed by atoms with van der Waals surface area (Å²) in [5, 5.41) is 10.4. The molecule has 1 aliphatic heterocycles. The Hall–Kier alpha value is -1.18. The molecule has 1 aliphatic carbocycles. The first-order chi connectivity index (χ1) is 13.6. The summed E-state index contributed by atoms with van der Waals surface area (Å²) in [5.41, 5.74) is 1.30. The van der Waals surface area contributed by atoms with Crippen LogP contribution in [-0.2, 0) is 11.3 Å². The highest BCUT2D eigenvalue weighted by molar-refractivity contribution is 7.09. The first-order valence-corrected chi connectivity index (χ1v) is 11.8. The third-order valence-electron chi connectivity index (χ3n) is 5.86. The smallest absolute Gasteiger partial charge is 0.191 e. The standard InChI is InChI=1S/C21H37N5OS/c1-4-22-20(23-14-18-15-28-19(25-18)17(2)3)24-16-21(8-6-5-7-9-21)26-10-12-27-13-11-26/h15,17H,4-14,16H2,1-3H3,(H2,22,23,24). The highest BCUT2D eigenvalue weighted by atomic mass is 32.1. The van der Waals surface area contributed by atoms with Crippen molar-refractivity contribution in [1.82, 2.24) is 20.5 Å². The fourth-order valence-corrected chi connectivity index (χ4v) is 5.09. The van der Waals surface area contributed by atoms with Gasteiger partial charge in [-0.1, -0.05) is 33.1 Å². The highest BCUT2D eigenvalue weighted by Crippen LogP contribution is 2.33. The van der Waals surface area contributed by atoms with Crippen molar-refractivity contribution in [3.63, 3.8) is 0 Å². The van der Waals surface area contributed by atoms with Crippen molar-refractivity contribution in [2.24, 2.45) is 4.99 Å². The minimum Gasteiger partial charge on any atom is -0.379 e. The maximum atomic E-state index is 5.60. The van der Waals surface area contributed by atoms with Crippen LogP contribution in [0.2, 0.25) is 0 Å². The number of thiazole rings is 1. The number of rotatable bonds is 7. The molecule has 1 aromatic rings. The molecule has 2 N–H and O–H groups in total. The van der Waals surface area contributed by atoms with Crippen LogP contribution in [0.5, 0.6) is 0 Å². The van der Waals surface area contributed by atoms with Crippen molar-refractivity contribution < 1.29 is 4.74 Å². The van der Waals surface area contributed by atoms with Crippen LogP contribution in [0.4, 0.5) is 0 Å². The average molecular weight is 408 g/mol. The van der Waals surface area contributed by atoms with Crippen molar-refractivity contribution in [1.29, 1.82) is 0 Å². The van der Waals surface area contributed by atoms with Gasteiger partial charge in [-0.25, -0.2) is 9.98 Å². The van der Waals surface area contributed by atoms with Gasteiger partial charge < -0.3 is 15.4 Å². The van der Waals surface area contributed by atoms with Gasteiger partial charge in [0.1, 0.15) is 0 Å². The quantitative estimate of drug-likeness (QED) is 0.536. The average Bonchev–Trinajstić information content (AvgIpc) is 3.21. The van der Waals surface area contributed by atoms with Gasteiger partial charge in [-0.2, -0.15) is 0 Å². The van der Waals surface area contributed by atoms with E-state index < -0.39 is 0 Å². The first kappa shape index (κ1) is 21.5. The van der Waals surface area contributed by atoms with E-state index in [2.05, 4.69) is 41.7 Å². The molecule has 7 heteroatoms. The molecule has 3 rings (SSSR count). The van der Waals surface area contributed by atoms with E-state index >= 15 is 0 Å². The van der Waals surface area contributed by atoms with E-state index in [-0.39, 0.29) is 5.54 Å². The number of nitrogens with one attached hydrogen (secondary N) is 2. The van der Waals surface area contributed by atoms with Crippen molar-refractivity contribution >= 4 is 17.3 Å². The minimum atomic E-state index is 0.240. The molecule has 2 aliphatic rings. The van der Waals surface area contributed by atoms with Gasteiger partial charge in [0.2, 0.25) is 0 Å². The van der Waals surface area contributed by atoms with Crippen molar-refractivity contribution in [3.8, 4) is 0 Å². The largest absolute Gasteiger partial charge is 0.379 e. The molecular formula is C21H37N5OS. The molecule has 0 unspecified atom stereocenters. The molecule has 1 saturated carbocycles. The second-order valence-corrected chi connectivity index (χ2v) is 9.15. The summed E-state index contributed by atoms with van der Waals surface area (Å²) in [7, 11) is 0. The van der Waals surface area contributed by atoms with E-state index in [9.17, 15) is 0 Å². The van der Waals surface area contributed by atoms with Gasteiger partial charge in [0, 0.05) is 43.0 Å². The first-order valence-electron chi connectivity index (χ1n) is 10.9. The molecule has 158 valence electrons. The number of hydrogen-bond acceptors (Lipinski definition) is 5. The summed E-state index contributed by atoms with van der Waals surface area (Å²) in [6, 6.07) is 0. The predicted molar refractivity (Wildman–Crippen MR) is 117 cm³/mol. The van der Waals surface area contributed by atoms with E-state index in [0.29, 0.717) is 12.5 Å². The van der Waals surface area contributed by atoms with Gasteiger partial charge in [0.15, 0.2) is 5.96 Å². The van der Waals surface area contributed by atoms with Gasteiger partial charge in [-0.15, -0.1) is 11.3 Å². The summed E-state index contributed by atoms with van der Waals surface area (Å²) >= 11 is 1.74. The monoisotopic (exact) mass is 407 g/mol. The third kappa shape index (κ3) is 5.67. The van der Waals surface area contributed by atoms with Crippen LogP contribution >= 0.6 is 11.3 Å². The molecule has 6 nitrogen and oxygen atoms in total. The van der Waals surface area contributed by atoms with E-state index in [1.54, 1.807) is 11.3 Å². The van der Waals surface area contributed by atoms with Crippen molar-refractivity contribution in [3.05, 3.63) is 16.1 Å². The lowest BCUT2D eigenvalue weighted by Crippen LogP contribution is -2.60. The molecule has 0 bridgehead atoms. The Morgan fingerprint density at radius 2 is 2.00 bits per heavy atom. The fourth-order valence-electron chi connectivity index (χ4n) is 4.26. The molecule has 2 fully saturated rings. The van der Waals surface area contributed by atoms with Crippen LogP contribution < -0.4 is 10.6 Å². The SMILES string of the molecule is CCNC(=NCc1csc(C(C)C)n1)NCC1(N2CCOCC2)CCCCC1. The van der Waals surface area contributed by atoms with Gasteiger partial charge in [-0.3, -0.25) is 4.90 Å². The number of guanidine groups is 1.